The van der Waals surface area contributed by atoms with E-state index in [1.54, 1.807) is 0 Å². The van der Waals surface area contributed by atoms with E-state index in [9.17, 15) is 0 Å². The molecule has 0 unspecified atom stereocenters. The lowest BCUT2D eigenvalue weighted by atomic mass is 10.1. The fourth-order valence-corrected chi connectivity index (χ4v) is 2.14. The summed E-state index contributed by atoms with van der Waals surface area (Å²) in [6.45, 7) is 2.69. The maximum atomic E-state index is 5.52. The lowest BCUT2D eigenvalue weighted by molar-refractivity contribution is 0.341. The predicted molar refractivity (Wildman–Crippen MR) is 74.9 cm³/mol. The molecule has 2 aromatic carbocycles. The topological polar surface area (TPSA) is 25.0 Å². The molecule has 3 rings (SSSR count). The lowest BCUT2D eigenvalue weighted by Gasteiger charge is -2.01. The highest BCUT2D eigenvalue weighted by molar-refractivity contribution is 5.86. The highest BCUT2D eigenvalue weighted by Gasteiger charge is 2.03. The Labute approximate surface area is 106 Å². The van der Waals surface area contributed by atoms with Crippen LogP contribution < -0.4 is 4.74 Å². The Morgan fingerprint density at radius 2 is 1.83 bits per heavy atom. The van der Waals surface area contributed by atoms with E-state index in [1.807, 2.05) is 31.2 Å². The van der Waals surface area contributed by atoms with Crippen LogP contribution in [-0.4, -0.2) is 11.6 Å². The summed E-state index contributed by atoms with van der Waals surface area (Å²) in [7, 11) is 0. The number of aromatic nitrogens is 1. The molecule has 0 fully saturated rings. The van der Waals surface area contributed by atoms with Crippen LogP contribution in [0, 0.1) is 0 Å². The number of ether oxygens (including phenoxy) is 1. The summed E-state index contributed by atoms with van der Waals surface area (Å²) >= 11 is 0. The van der Waals surface area contributed by atoms with Gasteiger partial charge in [0, 0.05) is 16.6 Å². The molecule has 3 aromatic rings. The Hall–Kier alpha value is -2.22. The molecule has 0 aliphatic carbocycles. The first kappa shape index (κ1) is 10.9. The predicted octanol–water partition coefficient (Wildman–Crippen LogP) is 4.23. The number of benzene rings is 2. The average Bonchev–Trinajstić information content (AvgIpc) is 2.83. The molecule has 0 radical (unpaired) electrons. The van der Waals surface area contributed by atoms with Gasteiger partial charge in [0.1, 0.15) is 5.75 Å². The summed E-state index contributed by atoms with van der Waals surface area (Å²) in [6.07, 6.45) is 0. The van der Waals surface area contributed by atoms with Crippen molar-refractivity contribution in [2.75, 3.05) is 6.61 Å². The quantitative estimate of drug-likeness (QED) is 0.724. The Kier molecular flexibility index (Phi) is 2.77. The van der Waals surface area contributed by atoms with Gasteiger partial charge in [0.15, 0.2) is 0 Å². The molecule has 0 aliphatic heterocycles. The van der Waals surface area contributed by atoms with Crippen LogP contribution in [0.5, 0.6) is 5.75 Å². The van der Waals surface area contributed by atoms with Gasteiger partial charge < -0.3 is 9.72 Å². The highest BCUT2D eigenvalue weighted by atomic mass is 16.5. The number of nitrogens with one attached hydrogen (secondary N) is 1. The van der Waals surface area contributed by atoms with Crippen LogP contribution in [0.2, 0.25) is 0 Å². The average molecular weight is 237 g/mol. The van der Waals surface area contributed by atoms with Crippen LogP contribution >= 0.6 is 0 Å². The summed E-state index contributed by atoms with van der Waals surface area (Å²) in [5, 5.41) is 1.18. The van der Waals surface area contributed by atoms with E-state index in [0.29, 0.717) is 6.61 Å². The third kappa shape index (κ3) is 1.97. The fourth-order valence-electron chi connectivity index (χ4n) is 2.14. The van der Waals surface area contributed by atoms with Gasteiger partial charge in [-0.15, -0.1) is 0 Å². The van der Waals surface area contributed by atoms with Crippen molar-refractivity contribution in [1.82, 2.24) is 4.98 Å². The Balaban J connectivity index is 2.06. The molecule has 1 heterocycles. The number of hydrogen-bond donors (Lipinski definition) is 1. The maximum Gasteiger partial charge on any atom is 0.120 e. The fraction of sp³-hybridized carbons (Fsp3) is 0.125. The van der Waals surface area contributed by atoms with E-state index in [0.717, 1.165) is 17.0 Å². The van der Waals surface area contributed by atoms with Gasteiger partial charge in [0.2, 0.25) is 0 Å². The summed E-state index contributed by atoms with van der Waals surface area (Å²) in [5.41, 5.74) is 3.48. The summed E-state index contributed by atoms with van der Waals surface area (Å²) in [5.74, 6) is 0.920. The van der Waals surface area contributed by atoms with E-state index in [2.05, 4.69) is 35.3 Å². The standard InChI is InChI=1S/C16H15NO/c1-2-18-14-8-9-15-13(10-14)11-16(17-15)12-6-4-3-5-7-12/h3-11,17H,2H2,1H3. The van der Waals surface area contributed by atoms with Gasteiger partial charge in [0.25, 0.3) is 0 Å². The van der Waals surface area contributed by atoms with Gasteiger partial charge in [-0.2, -0.15) is 0 Å². The molecule has 0 bridgehead atoms. The van der Waals surface area contributed by atoms with Crippen molar-refractivity contribution >= 4 is 10.9 Å². The van der Waals surface area contributed by atoms with Crippen LogP contribution in [0.1, 0.15) is 6.92 Å². The molecular formula is C16H15NO. The zero-order valence-corrected chi connectivity index (χ0v) is 10.3. The van der Waals surface area contributed by atoms with Gasteiger partial charge in [-0.3, -0.25) is 0 Å². The Morgan fingerprint density at radius 1 is 1.00 bits per heavy atom. The third-order valence-electron chi connectivity index (χ3n) is 2.99. The SMILES string of the molecule is CCOc1ccc2[nH]c(-c3ccccc3)cc2c1. The van der Waals surface area contributed by atoms with Crippen molar-refractivity contribution in [2.24, 2.45) is 0 Å². The smallest absolute Gasteiger partial charge is 0.120 e. The molecule has 0 amide bonds. The first-order chi connectivity index (χ1) is 8.86. The second-order valence-corrected chi connectivity index (χ2v) is 4.23. The zero-order chi connectivity index (χ0) is 12.4. The van der Waals surface area contributed by atoms with E-state index in [1.165, 1.54) is 10.9 Å². The second kappa shape index (κ2) is 4.57. The molecule has 0 saturated carbocycles. The van der Waals surface area contributed by atoms with Crippen molar-refractivity contribution in [2.45, 2.75) is 6.92 Å². The number of hydrogen-bond acceptors (Lipinski definition) is 1. The van der Waals surface area contributed by atoms with E-state index >= 15 is 0 Å². The molecule has 2 nitrogen and oxygen atoms in total. The number of H-pyrrole nitrogens is 1. The van der Waals surface area contributed by atoms with Gasteiger partial charge in [-0.25, -0.2) is 0 Å². The zero-order valence-electron chi connectivity index (χ0n) is 10.3. The van der Waals surface area contributed by atoms with Crippen molar-refractivity contribution < 1.29 is 4.74 Å². The van der Waals surface area contributed by atoms with Crippen molar-refractivity contribution in [1.29, 1.82) is 0 Å². The van der Waals surface area contributed by atoms with Gasteiger partial charge >= 0.3 is 0 Å². The molecule has 0 saturated heterocycles. The van der Waals surface area contributed by atoms with Crippen molar-refractivity contribution in [3.05, 3.63) is 54.6 Å². The molecule has 90 valence electrons. The van der Waals surface area contributed by atoms with Gasteiger partial charge in [-0.05, 0) is 36.8 Å². The van der Waals surface area contributed by atoms with E-state index in [4.69, 9.17) is 4.74 Å². The molecule has 18 heavy (non-hydrogen) atoms. The van der Waals surface area contributed by atoms with Crippen LogP contribution in [-0.2, 0) is 0 Å². The Morgan fingerprint density at radius 3 is 2.61 bits per heavy atom. The van der Waals surface area contributed by atoms with E-state index < -0.39 is 0 Å². The van der Waals surface area contributed by atoms with Crippen LogP contribution in [0.3, 0.4) is 0 Å². The van der Waals surface area contributed by atoms with Crippen molar-refractivity contribution in [3.63, 3.8) is 0 Å². The molecule has 0 atom stereocenters. The van der Waals surface area contributed by atoms with Crippen molar-refractivity contribution in [3.8, 4) is 17.0 Å². The molecular weight excluding hydrogens is 222 g/mol. The monoisotopic (exact) mass is 237 g/mol. The number of fused-ring (bicyclic) bond motifs is 1. The minimum atomic E-state index is 0.696. The summed E-state index contributed by atoms with van der Waals surface area (Å²) in [4.78, 5) is 3.43. The number of rotatable bonds is 3. The van der Waals surface area contributed by atoms with E-state index in [-0.39, 0.29) is 0 Å². The first-order valence-corrected chi connectivity index (χ1v) is 6.18. The summed E-state index contributed by atoms with van der Waals surface area (Å²) < 4.78 is 5.52. The summed E-state index contributed by atoms with van der Waals surface area (Å²) in [6, 6.07) is 18.6. The molecule has 2 heteroatoms. The Bertz CT molecular complexity index is 655. The molecule has 0 spiro atoms. The normalized spacial score (nSPS) is 10.7. The largest absolute Gasteiger partial charge is 0.494 e. The molecule has 1 N–H and O–H groups in total. The van der Waals surface area contributed by atoms with Gasteiger partial charge in [0.05, 0.1) is 6.61 Å². The third-order valence-corrected chi connectivity index (χ3v) is 2.99. The second-order valence-electron chi connectivity index (χ2n) is 4.23. The van der Waals surface area contributed by atoms with Crippen LogP contribution in [0.4, 0.5) is 0 Å². The molecule has 1 aromatic heterocycles. The first-order valence-electron chi connectivity index (χ1n) is 6.18. The minimum Gasteiger partial charge on any atom is -0.494 e. The van der Waals surface area contributed by atoms with Crippen LogP contribution in [0.25, 0.3) is 22.2 Å². The lowest BCUT2D eigenvalue weighted by Crippen LogP contribution is -1.90. The van der Waals surface area contributed by atoms with Crippen LogP contribution in [0.15, 0.2) is 54.6 Å². The highest BCUT2D eigenvalue weighted by Crippen LogP contribution is 2.26. The number of aromatic amines is 1. The molecule has 0 aliphatic rings. The maximum absolute atomic E-state index is 5.52. The minimum absolute atomic E-state index is 0.696. The van der Waals surface area contributed by atoms with Gasteiger partial charge in [-0.1, -0.05) is 30.3 Å².